The molecule has 6 heteroatoms. The molecule has 0 radical (unpaired) electrons. The van der Waals surface area contributed by atoms with Gasteiger partial charge in [0.1, 0.15) is 0 Å². The SMILES string of the molecule is CC1C(N)CC1c1cccc(S(=O)(=O)N2CCOCC2)c1. The van der Waals surface area contributed by atoms with Crippen molar-refractivity contribution in [2.24, 2.45) is 11.7 Å². The molecule has 1 aromatic carbocycles. The molecule has 3 atom stereocenters. The molecule has 0 aromatic heterocycles. The molecule has 2 fully saturated rings. The molecule has 21 heavy (non-hydrogen) atoms. The van der Waals surface area contributed by atoms with E-state index in [1.165, 1.54) is 4.31 Å². The number of morpholine rings is 1. The standard InChI is InChI=1S/C15H22N2O3S/c1-11-14(10-15(11)16)12-3-2-4-13(9-12)21(18,19)17-5-7-20-8-6-17/h2-4,9,11,14-15H,5-8,10,16H2,1H3. The Labute approximate surface area is 126 Å². The van der Waals surface area contributed by atoms with E-state index in [1.54, 1.807) is 6.07 Å². The lowest BCUT2D eigenvalue weighted by Gasteiger charge is -2.41. The molecule has 5 nitrogen and oxygen atoms in total. The van der Waals surface area contributed by atoms with Crippen molar-refractivity contribution in [1.82, 2.24) is 4.31 Å². The monoisotopic (exact) mass is 310 g/mol. The van der Waals surface area contributed by atoms with Crippen LogP contribution in [0.4, 0.5) is 0 Å². The van der Waals surface area contributed by atoms with Crippen LogP contribution in [-0.4, -0.2) is 45.1 Å². The van der Waals surface area contributed by atoms with Crippen molar-refractivity contribution < 1.29 is 13.2 Å². The van der Waals surface area contributed by atoms with Gasteiger partial charge in [-0.2, -0.15) is 4.31 Å². The zero-order valence-corrected chi connectivity index (χ0v) is 13.1. The Hall–Kier alpha value is -0.950. The lowest BCUT2D eigenvalue weighted by molar-refractivity contribution is 0.0730. The number of hydrogen-bond donors (Lipinski definition) is 1. The average molecular weight is 310 g/mol. The van der Waals surface area contributed by atoms with Gasteiger partial charge in [0, 0.05) is 19.1 Å². The van der Waals surface area contributed by atoms with Gasteiger partial charge >= 0.3 is 0 Å². The molecule has 0 bridgehead atoms. The predicted molar refractivity (Wildman–Crippen MR) is 80.5 cm³/mol. The van der Waals surface area contributed by atoms with Gasteiger partial charge in [0.15, 0.2) is 0 Å². The van der Waals surface area contributed by atoms with Crippen LogP contribution in [0.3, 0.4) is 0 Å². The largest absolute Gasteiger partial charge is 0.379 e. The molecule has 1 saturated carbocycles. The summed E-state index contributed by atoms with van der Waals surface area (Å²) >= 11 is 0. The number of sulfonamides is 1. The molecule has 3 rings (SSSR count). The van der Waals surface area contributed by atoms with E-state index in [-0.39, 0.29) is 6.04 Å². The van der Waals surface area contributed by atoms with E-state index in [4.69, 9.17) is 10.5 Å². The third-order valence-corrected chi connectivity index (χ3v) is 6.62. The van der Waals surface area contributed by atoms with Crippen LogP contribution < -0.4 is 5.73 Å². The molecule has 1 aliphatic carbocycles. The van der Waals surface area contributed by atoms with E-state index in [0.717, 1.165) is 12.0 Å². The third kappa shape index (κ3) is 2.73. The third-order valence-electron chi connectivity index (χ3n) is 4.73. The Morgan fingerprint density at radius 2 is 2.00 bits per heavy atom. The number of rotatable bonds is 3. The van der Waals surface area contributed by atoms with Crippen molar-refractivity contribution in [3.8, 4) is 0 Å². The van der Waals surface area contributed by atoms with E-state index in [1.807, 2.05) is 18.2 Å². The number of benzene rings is 1. The number of nitrogens with two attached hydrogens (primary N) is 1. The molecule has 3 unspecified atom stereocenters. The highest BCUT2D eigenvalue weighted by molar-refractivity contribution is 7.89. The van der Waals surface area contributed by atoms with Crippen molar-refractivity contribution >= 4 is 10.0 Å². The van der Waals surface area contributed by atoms with Crippen LogP contribution in [0.1, 0.15) is 24.8 Å². The molecule has 1 saturated heterocycles. The quantitative estimate of drug-likeness (QED) is 0.909. The first kappa shape index (κ1) is 15.0. The van der Waals surface area contributed by atoms with Crippen molar-refractivity contribution in [3.05, 3.63) is 29.8 Å². The van der Waals surface area contributed by atoms with Gasteiger partial charge in [-0.1, -0.05) is 19.1 Å². The molecule has 2 aliphatic rings. The minimum Gasteiger partial charge on any atom is -0.379 e. The summed E-state index contributed by atoms with van der Waals surface area (Å²) in [4.78, 5) is 0.384. The van der Waals surface area contributed by atoms with Crippen LogP contribution in [0.25, 0.3) is 0 Å². The molecule has 1 aliphatic heterocycles. The average Bonchev–Trinajstić information content (AvgIpc) is 2.53. The van der Waals surface area contributed by atoms with Gasteiger partial charge in [-0.3, -0.25) is 0 Å². The van der Waals surface area contributed by atoms with Crippen LogP contribution in [0.15, 0.2) is 29.2 Å². The van der Waals surface area contributed by atoms with Gasteiger partial charge in [-0.05, 0) is 36.0 Å². The highest BCUT2D eigenvalue weighted by atomic mass is 32.2. The molecular formula is C15H22N2O3S. The van der Waals surface area contributed by atoms with Gasteiger partial charge < -0.3 is 10.5 Å². The first-order chi connectivity index (χ1) is 10.00. The first-order valence-corrected chi connectivity index (χ1v) is 8.87. The van der Waals surface area contributed by atoms with Crippen LogP contribution in [0.2, 0.25) is 0 Å². The molecule has 116 valence electrons. The fourth-order valence-electron chi connectivity index (χ4n) is 3.11. The van der Waals surface area contributed by atoms with E-state index in [2.05, 4.69) is 6.92 Å². The Morgan fingerprint density at radius 1 is 1.29 bits per heavy atom. The summed E-state index contributed by atoms with van der Waals surface area (Å²) in [6, 6.07) is 7.56. The molecular weight excluding hydrogens is 288 g/mol. The normalized spacial score (nSPS) is 30.9. The van der Waals surface area contributed by atoms with Gasteiger partial charge in [0.25, 0.3) is 0 Å². The van der Waals surface area contributed by atoms with E-state index < -0.39 is 10.0 Å². The summed E-state index contributed by atoms with van der Waals surface area (Å²) in [5.74, 6) is 0.783. The van der Waals surface area contributed by atoms with Crippen molar-refractivity contribution in [2.45, 2.75) is 30.2 Å². The Bertz CT molecular complexity index is 611. The lowest BCUT2D eigenvalue weighted by Crippen LogP contribution is -2.44. The van der Waals surface area contributed by atoms with E-state index in [9.17, 15) is 8.42 Å². The summed E-state index contributed by atoms with van der Waals surface area (Å²) in [7, 11) is -3.41. The van der Waals surface area contributed by atoms with Gasteiger partial charge in [0.2, 0.25) is 10.0 Å². The summed E-state index contributed by atoms with van der Waals surface area (Å²) in [6.45, 7) is 3.91. The summed E-state index contributed by atoms with van der Waals surface area (Å²) < 4.78 is 32.1. The Kier molecular flexibility index (Phi) is 4.05. The highest BCUT2D eigenvalue weighted by Crippen LogP contribution is 2.41. The van der Waals surface area contributed by atoms with Crippen LogP contribution in [0.5, 0.6) is 0 Å². The number of ether oxygens (including phenoxy) is 1. The molecule has 1 heterocycles. The topological polar surface area (TPSA) is 72.6 Å². The molecule has 0 spiro atoms. The maximum Gasteiger partial charge on any atom is 0.243 e. The number of hydrogen-bond acceptors (Lipinski definition) is 4. The van der Waals surface area contributed by atoms with Gasteiger partial charge in [-0.25, -0.2) is 8.42 Å². The second kappa shape index (κ2) is 5.68. The van der Waals surface area contributed by atoms with Crippen LogP contribution >= 0.6 is 0 Å². The van der Waals surface area contributed by atoms with Crippen LogP contribution in [0, 0.1) is 5.92 Å². The maximum absolute atomic E-state index is 12.7. The minimum atomic E-state index is -3.41. The lowest BCUT2D eigenvalue weighted by atomic mass is 9.67. The maximum atomic E-state index is 12.7. The minimum absolute atomic E-state index is 0.231. The summed E-state index contributed by atoms with van der Waals surface area (Å²) in [5, 5.41) is 0. The Balaban J connectivity index is 1.85. The predicted octanol–water partition coefficient (Wildman–Crippen LogP) is 1.16. The summed E-state index contributed by atoms with van der Waals surface area (Å²) in [5.41, 5.74) is 7.03. The fourth-order valence-corrected chi connectivity index (χ4v) is 4.57. The fraction of sp³-hybridized carbons (Fsp3) is 0.600. The Morgan fingerprint density at radius 3 is 2.62 bits per heavy atom. The zero-order chi connectivity index (χ0) is 15.0. The van der Waals surface area contributed by atoms with Crippen molar-refractivity contribution in [1.29, 1.82) is 0 Å². The molecule has 0 amide bonds. The highest BCUT2D eigenvalue weighted by Gasteiger charge is 2.36. The second-order valence-corrected chi connectivity index (χ2v) is 7.89. The smallest absolute Gasteiger partial charge is 0.243 e. The zero-order valence-electron chi connectivity index (χ0n) is 12.2. The van der Waals surface area contributed by atoms with Crippen molar-refractivity contribution in [2.75, 3.05) is 26.3 Å². The van der Waals surface area contributed by atoms with Crippen molar-refractivity contribution in [3.63, 3.8) is 0 Å². The first-order valence-electron chi connectivity index (χ1n) is 7.43. The molecule has 2 N–H and O–H groups in total. The second-order valence-electron chi connectivity index (χ2n) is 5.95. The van der Waals surface area contributed by atoms with Crippen LogP contribution in [-0.2, 0) is 14.8 Å². The van der Waals surface area contributed by atoms with Gasteiger partial charge in [0.05, 0.1) is 18.1 Å². The van der Waals surface area contributed by atoms with E-state index in [0.29, 0.717) is 43.0 Å². The number of nitrogens with zero attached hydrogens (tertiary/aromatic N) is 1. The molecule has 1 aromatic rings. The summed E-state index contributed by atoms with van der Waals surface area (Å²) in [6.07, 6.45) is 0.933. The van der Waals surface area contributed by atoms with Gasteiger partial charge in [-0.15, -0.1) is 0 Å². The van der Waals surface area contributed by atoms with E-state index >= 15 is 0 Å².